The Bertz CT molecular complexity index is 427. The van der Waals surface area contributed by atoms with Crippen molar-refractivity contribution < 1.29 is 18.3 Å². The van der Waals surface area contributed by atoms with Crippen LogP contribution in [-0.2, 0) is 16.0 Å². The smallest absolute Gasteiger partial charge is 0.311 e. The van der Waals surface area contributed by atoms with E-state index < -0.39 is 12.4 Å². The number of nitrogens with zero attached hydrogens (tertiary/aromatic N) is 1. The second-order valence-electron chi connectivity index (χ2n) is 3.07. The van der Waals surface area contributed by atoms with Gasteiger partial charge in [-0.3, -0.25) is 9.78 Å². The average molecular weight is 467 g/mol. The summed E-state index contributed by atoms with van der Waals surface area (Å²) in [6.45, 7) is 1.96. The fourth-order valence-electron chi connectivity index (χ4n) is 1.15. The van der Waals surface area contributed by atoms with E-state index in [1.807, 2.05) is 45.2 Å². The zero-order valence-electron chi connectivity index (χ0n) is 8.84. The molecule has 7 heteroatoms. The van der Waals surface area contributed by atoms with Crippen molar-refractivity contribution in [1.29, 1.82) is 0 Å². The number of alkyl halides is 2. The third kappa shape index (κ3) is 4.27. The second-order valence-corrected chi connectivity index (χ2v) is 5.31. The maximum atomic E-state index is 12.6. The van der Waals surface area contributed by atoms with Gasteiger partial charge in [-0.05, 0) is 58.2 Å². The number of halogens is 4. The van der Waals surface area contributed by atoms with Crippen molar-refractivity contribution in [3.05, 3.63) is 24.6 Å². The van der Waals surface area contributed by atoms with Crippen LogP contribution >= 0.6 is 45.2 Å². The Morgan fingerprint density at radius 2 is 2.18 bits per heavy atom. The van der Waals surface area contributed by atoms with Gasteiger partial charge in [-0.25, -0.2) is 8.78 Å². The molecule has 0 unspecified atom stereocenters. The number of ether oxygens (including phenoxy) is 1. The zero-order valence-corrected chi connectivity index (χ0v) is 13.2. The minimum Gasteiger partial charge on any atom is -0.466 e. The van der Waals surface area contributed by atoms with Crippen molar-refractivity contribution in [2.24, 2.45) is 0 Å². The summed E-state index contributed by atoms with van der Waals surface area (Å²) in [5.74, 6) is -0.458. The summed E-state index contributed by atoms with van der Waals surface area (Å²) in [6.07, 6.45) is -2.72. The Morgan fingerprint density at radius 3 is 2.71 bits per heavy atom. The van der Waals surface area contributed by atoms with Gasteiger partial charge in [-0.15, -0.1) is 0 Å². The first-order valence-corrected chi connectivity index (χ1v) is 6.90. The van der Waals surface area contributed by atoms with Crippen LogP contribution in [0.25, 0.3) is 0 Å². The molecule has 0 aliphatic carbocycles. The summed E-state index contributed by atoms with van der Waals surface area (Å²) in [5.41, 5.74) is 0.0281. The summed E-state index contributed by atoms with van der Waals surface area (Å²) < 4.78 is 31.3. The molecule has 0 aliphatic heterocycles. The molecule has 0 aromatic carbocycles. The Labute approximate surface area is 125 Å². The van der Waals surface area contributed by atoms with Crippen LogP contribution in [0.4, 0.5) is 8.78 Å². The van der Waals surface area contributed by atoms with Gasteiger partial charge in [-0.1, -0.05) is 0 Å². The minimum atomic E-state index is -2.64. The van der Waals surface area contributed by atoms with Crippen molar-refractivity contribution in [1.82, 2.24) is 4.98 Å². The Kier molecular flexibility index (Phi) is 5.97. The van der Waals surface area contributed by atoms with E-state index in [1.54, 1.807) is 6.92 Å². The van der Waals surface area contributed by atoms with Gasteiger partial charge < -0.3 is 4.74 Å². The molecule has 1 aromatic heterocycles. The van der Waals surface area contributed by atoms with Gasteiger partial charge in [0.05, 0.1) is 18.7 Å². The molecule has 0 N–H and O–H groups in total. The van der Waals surface area contributed by atoms with Gasteiger partial charge >= 0.3 is 5.97 Å². The topological polar surface area (TPSA) is 39.2 Å². The maximum absolute atomic E-state index is 12.6. The third-order valence-electron chi connectivity index (χ3n) is 1.84. The number of carbonyl (C=O) groups is 1. The highest BCUT2D eigenvalue weighted by Crippen LogP contribution is 2.24. The van der Waals surface area contributed by atoms with E-state index in [0.29, 0.717) is 12.8 Å². The van der Waals surface area contributed by atoms with Crippen molar-refractivity contribution in [2.45, 2.75) is 19.8 Å². The molecule has 0 spiro atoms. The molecule has 0 fully saturated rings. The lowest BCUT2D eigenvalue weighted by Gasteiger charge is -2.08. The summed E-state index contributed by atoms with van der Waals surface area (Å²) in [6, 6.07) is 1.32. The standard InChI is InChI=1S/C10H9F2I2NO2/c1-2-17-8(16)4-6-9(14)5(13)3-7(15-6)10(11)12/h3,10H,2,4H2,1H3. The highest BCUT2D eigenvalue weighted by Gasteiger charge is 2.17. The zero-order chi connectivity index (χ0) is 13.0. The number of esters is 1. The van der Waals surface area contributed by atoms with Crippen LogP contribution in [0, 0.1) is 7.14 Å². The molecule has 1 aromatic rings. The summed E-state index contributed by atoms with van der Waals surface area (Å²) >= 11 is 3.93. The second kappa shape index (κ2) is 6.76. The number of carbonyl (C=O) groups excluding carboxylic acids is 1. The summed E-state index contributed by atoms with van der Waals surface area (Å²) in [5, 5.41) is 0. The fourth-order valence-corrected chi connectivity index (χ4v) is 2.24. The maximum Gasteiger partial charge on any atom is 0.311 e. The predicted molar refractivity (Wildman–Crippen MR) is 75.0 cm³/mol. The SMILES string of the molecule is CCOC(=O)Cc1nc(C(F)F)cc(I)c1I. The molecule has 3 nitrogen and oxygen atoms in total. The van der Waals surface area contributed by atoms with Crippen molar-refractivity contribution in [2.75, 3.05) is 6.61 Å². The van der Waals surface area contributed by atoms with Crippen LogP contribution in [0.1, 0.15) is 24.7 Å². The van der Waals surface area contributed by atoms with Crippen LogP contribution < -0.4 is 0 Å². The molecule has 0 bridgehead atoms. The highest BCUT2D eigenvalue weighted by molar-refractivity contribution is 14.1. The molecule has 1 heterocycles. The normalized spacial score (nSPS) is 10.7. The quantitative estimate of drug-likeness (QED) is 0.504. The Hall–Kier alpha value is -0.0600. The van der Waals surface area contributed by atoms with Gasteiger partial charge in [0, 0.05) is 7.14 Å². The van der Waals surface area contributed by atoms with E-state index >= 15 is 0 Å². The van der Waals surface area contributed by atoms with E-state index in [-0.39, 0.29) is 18.7 Å². The van der Waals surface area contributed by atoms with E-state index in [4.69, 9.17) is 4.74 Å². The van der Waals surface area contributed by atoms with Crippen LogP contribution in [0.3, 0.4) is 0 Å². The Morgan fingerprint density at radius 1 is 1.53 bits per heavy atom. The molecular formula is C10H9F2I2NO2. The van der Waals surface area contributed by atoms with Crippen LogP contribution in [0.15, 0.2) is 6.07 Å². The minimum absolute atomic E-state index is 0.0807. The van der Waals surface area contributed by atoms with Crippen molar-refractivity contribution in [3.8, 4) is 0 Å². The molecule has 94 valence electrons. The molecule has 0 saturated carbocycles. The number of rotatable bonds is 4. The molecule has 0 aliphatic rings. The number of hydrogen-bond donors (Lipinski definition) is 0. The van der Waals surface area contributed by atoms with Gasteiger partial charge in [0.1, 0.15) is 5.69 Å². The lowest BCUT2D eigenvalue weighted by molar-refractivity contribution is -0.142. The lowest BCUT2D eigenvalue weighted by Crippen LogP contribution is -2.12. The Balaban J connectivity index is 3.01. The fraction of sp³-hybridized carbons (Fsp3) is 0.400. The highest BCUT2D eigenvalue weighted by atomic mass is 127. The van der Waals surface area contributed by atoms with Gasteiger partial charge in [0.2, 0.25) is 0 Å². The van der Waals surface area contributed by atoms with E-state index in [0.717, 1.165) is 0 Å². The van der Waals surface area contributed by atoms with Crippen LogP contribution in [0.2, 0.25) is 0 Å². The third-order valence-corrected chi connectivity index (χ3v) is 4.93. The van der Waals surface area contributed by atoms with Crippen molar-refractivity contribution in [3.63, 3.8) is 0 Å². The predicted octanol–water partition coefficient (Wildman–Crippen LogP) is 3.33. The van der Waals surface area contributed by atoms with Gasteiger partial charge in [0.15, 0.2) is 0 Å². The number of aromatic nitrogens is 1. The summed E-state index contributed by atoms with van der Waals surface area (Å²) in [4.78, 5) is 15.1. The first-order valence-electron chi connectivity index (χ1n) is 4.74. The molecule has 0 atom stereocenters. The van der Waals surface area contributed by atoms with E-state index in [9.17, 15) is 13.6 Å². The first kappa shape index (κ1) is 15.0. The lowest BCUT2D eigenvalue weighted by atomic mass is 10.2. The van der Waals surface area contributed by atoms with Crippen molar-refractivity contribution >= 4 is 51.2 Å². The largest absolute Gasteiger partial charge is 0.466 e. The first-order chi connectivity index (χ1) is 7.95. The van der Waals surface area contributed by atoms with E-state index in [1.165, 1.54) is 6.07 Å². The molecule has 0 saturated heterocycles. The van der Waals surface area contributed by atoms with Crippen LogP contribution in [-0.4, -0.2) is 17.6 Å². The molecular weight excluding hydrogens is 458 g/mol. The van der Waals surface area contributed by atoms with Crippen LogP contribution in [0.5, 0.6) is 0 Å². The molecule has 0 amide bonds. The number of hydrogen-bond acceptors (Lipinski definition) is 3. The monoisotopic (exact) mass is 467 g/mol. The van der Waals surface area contributed by atoms with E-state index in [2.05, 4.69) is 4.98 Å². The summed E-state index contributed by atoms with van der Waals surface area (Å²) in [7, 11) is 0. The van der Waals surface area contributed by atoms with Gasteiger partial charge in [-0.2, -0.15) is 0 Å². The average Bonchev–Trinajstić information content (AvgIpc) is 2.24. The molecule has 0 radical (unpaired) electrons. The molecule has 17 heavy (non-hydrogen) atoms. The number of pyridine rings is 1. The molecule has 1 rings (SSSR count). The van der Waals surface area contributed by atoms with Gasteiger partial charge in [0.25, 0.3) is 6.43 Å².